The number of para-hydroxylation sites is 1. The van der Waals surface area contributed by atoms with Crippen LogP contribution < -0.4 is 10.2 Å². The zero-order valence-corrected chi connectivity index (χ0v) is 18.8. The van der Waals surface area contributed by atoms with Gasteiger partial charge in [-0.2, -0.15) is 0 Å². The van der Waals surface area contributed by atoms with Crippen LogP contribution in [0.3, 0.4) is 0 Å². The number of carbonyl (C=O) groups is 2. The molecule has 5 nitrogen and oxygen atoms in total. The Kier molecular flexibility index (Phi) is 7.65. The third-order valence-electron chi connectivity index (χ3n) is 6.04. The normalized spacial score (nSPS) is 19.0. The summed E-state index contributed by atoms with van der Waals surface area (Å²) in [6.45, 7) is 4.50. The minimum atomic E-state index is -0.0202. The SMILES string of the molecule is O=C(CCC(=O)N1CCSc2ccccc21)NCC1CCCN(Cc2ccccc2)C1. The number of fused-ring (bicyclic) bond motifs is 1. The summed E-state index contributed by atoms with van der Waals surface area (Å²) in [6, 6.07) is 18.6. The highest BCUT2D eigenvalue weighted by molar-refractivity contribution is 7.99. The van der Waals surface area contributed by atoms with Crippen LogP contribution in [0.4, 0.5) is 5.69 Å². The predicted octanol–water partition coefficient (Wildman–Crippen LogP) is 3.93. The van der Waals surface area contributed by atoms with Crippen LogP contribution >= 0.6 is 11.8 Å². The van der Waals surface area contributed by atoms with E-state index in [1.807, 2.05) is 29.2 Å². The van der Waals surface area contributed by atoms with Crippen LogP contribution in [0, 0.1) is 5.92 Å². The molecule has 1 N–H and O–H groups in total. The van der Waals surface area contributed by atoms with Crippen molar-refractivity contribution >= 4 is 29.3 Å². The number of nitrogens with zero attached hydrogens (tertiary/aromatic N) is 2. The molecule has 31 heavy (non-hydrogen) atoms. The minimum absolute atomic E-state index is 0.0202. The molecule has 2 aliphatic heterocycles. The average Bonchev–Trinajstić information content (AvgIpc) is 2.82. The van der Waals surface area contributed by atoms with Gasteiger partial charge in [-0.15, -0.1) is 11.8 Å². The molecule has 164 valence electrons. The summed E-state index contributed by atoms with van der Waals surface area (Å²) in [5, 5.41) is 3.07. The Bertz CT molecular complexity index is 889. The summed E-state index contributed by atoms with van der Waals surface area (Å²) in [7, 11) is 0. The first-order chi connectivity index (χ1) is 15.2. The van der Waals surface area contributed by atoms with Crippen LogP contribution in [0.15, 0.2) is 59.5 Å². The molecule has 2 heterocycles. The molecule has 1 atom stereocenters. The molecule has 2 aromatic carbocycles. The molecule has 0 aromatic heterocycles. The molecule has 0 radical (unpaired) electrons. The van der Waals surface area contributed by atoms with Gasteiger partial charge in [-0.1, -0.05) is 42.5 Å². The van der Waals surface area contributed by atoms with Crippen LogP contribution in [-0.2, 0) is 16.1 Å². The molecule has 2 amide bonds. The van der Waals surface area contributed by atoms with Crippen molar-refractivity contribution in [1.82, 2.24) is 10.2 Å². The van der Waals surface area contributed by atoms with Crippen molar-refractivity contribution in [2.45, 2.75) is 37.1 Å². The standard InChI is InChI=1S/C25H31N3O2S/c29-24(12-13-25(30)28-15-16-31-23-11-5-4-10-22(23)28)26-17-21-9-6-14-27(19-21)18-20-7-2-1-3-8-20/h1-5,7-8,10-11,21H,6,9,12-19H2,(H,26,29). The maximum Gasteiger partial charge on any atom is 0.227 e. The van der Waals surface area contributed by atoms with E-state index in [0.29, 0.717) is 19.0 Å². The molecule has 2 aliphatic rings. The highest BCUT2D eigenvalue weighted by Gasteiger charge is 2.24. The van der Waals surface area contributed by atoms with Crippen molar-refractivity contribution in [2.24, 2.45) is 5.92 Å². The van der Waals surface area contributed by atoms with Crippen molar-refractivity contribution in [1.29, 1.82) is 0 Å². The monoisotopic (exact) mass is 437 g/mol. The summed E-state index contributed by atoms with van der Waals surface area (Å²) in [6.07, 6.45) is 2.83. The Balaban J connectivity index is 1.19. The number of piperidine rings is 1. The van der Waals surface area contributed by atoms with E-state index in [9.17, 15) is 9.59 Å². The van der Waals surface area contributed by atoms with Gasteiger partial charge in [0.15, 0.2) is 0 Å². The molecule has 6 heteroatoms. The summed E-state index contributed by atoms with van der Waals surface area (Å²) in [4.78, 5) is 30.6. The molecule has 0 bridgehead atoms. The number of hydrogen-bond donors (Lipinski definition) is 1. The van der Waals surface area contributed by atoms with Gasteiger partial charge in [0.05, 0.1) is 5.69 Å². The van der Waals surface area contributed by atoms with Crippen molar-refractivity contribution < 1.29 is 9.59 Å². The quantitative estimate of drug-likeness (QED) is 0.713. The van der Waals surface area contributed by atoms with Crippen LogP contribution in [0.25, 0.3) is 0 Å². The second kappa shape index (κ2) is 10.8. The van der Waals surface area contributed by atoms with Crippen molar-refractivity contribution in [3.63, 3.8) is 0 Å². The van der Waals surface area contributed by atoms with Gasteiger partial charge in [0.25, 0.3) is 0 Å². The molecule has 0 saturated carbocycles. The fraction of sp³-hybridized carbons (Fsp3) is 0.440. The minimum Gasteiger partial charge on any atom is -0.356 e. The Morgan fingerprint density at radius 2 is 1.81 bits per heavy atom. The molecule has 0 spiro atoms. The number of nitrogens with one attached hydrogen (secondary N) is 1. The maximum absolute atomic E-state index is 12.7. The number of rotatable bonds is 7. The summed E-state index contributed by atoms with van der Waals surface area (Å²) in [5.74, 6) is 1.39. The number of amides is 2. The lowest BCUT2D eigenvalue weighted by molar-refractivity contribution is -0.125. The van der Waals surface area contributed by atoms with E-state index < -0.39 is 0 Å². The van der Waals surface area contributed by atoms with Gasteiger partial charge in [0, 0.05) is 49.7 Å². The highest BCUT2D eigenvalue weighted by atomic mass is 32.2. The number of anilines is 1. The van der Waals surface area contributed by atoms with Crippen molar-refractivity contribution in [2.75, 3.05) is 36.8 Å². The fourth-order valence-corrected chi connectivity index (χ4v) is 5.43. The molecule has 2 aromatic rings. The van der Waals surface area contributed by atoms with Gasteiger partial charge in [0.1, 0.15) is 0 Å². The Morgan fingerprint density at radius 3 is 2.68 bits per heavy atom. The van der Waals surface area contributed by atoms with Crippen molar-refractivity contribution in [3.05, 3.63) is 60.2 Å². The molecule has 1 saturated heterocycles. The van der Waals surface area contributed by atoms with E-state index >= 15 is 0 Å². The van der Waals surface area contributed by atoms with Crippen LogP contribution in [0.5, 0.6) is 0 Å². The molecule has 1 unspecified atom stereocenters. The Labute approximate surface area is 189 Å². The molecule has 0 aliphatic carbocycles. The van der Waals surface area contributed by atoms with Gasteiger partial charge in [-0.05, 0) is 43.0 Å². The van der Waals surface area contributed by atoms with Crippen LogP contribution in [0.2, 0.25) is 0 Å². The lowest BCUT2D eigenvalue weighted by atomic mass is 9.97. The maximum atomic E-state index is 12.7. The zero-order chi connectivity index (χ0) is 21.5. The summed E-state index contributed by atoms with van der Waals surface area (Å²) in [5.41, 5.74) is 2.31. The van der Waals surface area contributed by atoms with E-state index in [1.165, 1.54) is 5.56 Å². The van der Waals surface area contributed by atoms with E-state index in [-0.39, 0.29) is 24.7 Å². The number of thioether (sulfide) groups is 1. The molecular weight excluding hydrogens is 406 g/mol. The zero-order valence-electron chi connectivity index (χ0n) is 18.0. The van der Waals surface area contributed by atoms with Crippen LogP contribution in [0.1, 0.15) is 31.2 Å². The lowest BCUT2D eigenvalue weighted by Gasteiger charge is -2.33. The van der Waals surface area contributed by atoms with Crippen molar-refractivity contribution in [3.8, 4) is 0 Å². The number of benzene rings is 2. The first-order valence-corrected chi connectivity index (χ1v) is 12.2. The van der Waals surface area contributed by atoms with Gasteiger partial charge < -0.3 is 10.2 Å². The van der Waals surface area contributed by atoms with E-state index in [0.717, 1.165) is 48.8 Å². The summed E-state index contributed by atoms with van der Waals surface area (Å²) < 4.78 is 0. The van der Waals surface area contributed by atoms with Crippen LogP contribution in [-0.4, -0.2) is 48.6 Å². The second-order valence-corrected chi connectivity index (χ2v) is 9.53. The van der Waals surface area contributed by atoms with E-state index in [4.69, 9.17) is 0 Å². The average molecular weight is 438 g/mol. The smallest absolute Gasteiger partial charge is 0.227 e. The van der Waals surface area contributed by atoms with Gasteiger partial charge in [0.2, 0.25) is 11.8 Å². The van der Waals surface area contributed by atoms with E-state index in [1.54, 1.807) is 11.8 Å². The topological polar surface area (TPSA) is 52.7 Å². The molecule has 1 fully saturated rings. The third kappa shape index (κ3) is 6.11. The molecular formula is C25H31N3O2S. The van der Waals surface area contributed by atoms with Gasteiger partial charge in [-0.3, -0.25) is 14.5 Å². The van der Waals surface area contributed by atoms with Gasteiger partial charge in [-0.25, -0.2) is 0 Å². The first-order valence-electron chi connectivity index (χ1n) is 11.2. The summed E-state index contributed by atoms with van der Waals surface area (Å²) >= 11 is 1.78. The lowest BCUT2D eigenvalue weighted by Crippen LogP contribution is -2.41. The molecule has 4 rings (SSSR count). The predicted molar refractivity (Wildman–Crippen MR) is 126 cm³/mol. The fourth-order valence-electron chi connectivity index (χ4n) is 4.43. The number of carbonyl (C=O) groups excluding carboxylic acids is 2. The van der Waals surface area contributed by atoms with E-state index in [2.05, 4.69) is 40.5 Å². The Hall–Kier alpha value is -2.31. The third-order valence-corrected chi connectivity index (χ3v) is 7.08. The van der Waals surface area contributed by atoms with Gasteiger partial charge >= 0.3 is 0 Å². The highest BCUT2D eigenvalue weighted by Crippen LogP contribution is 2.34. The first kappa shape index (κ1) is 21.9. The number of likely N-dealkylation sites (tertiary alicyclic amines) is 1. The second-order valence-electron chi connectivity index (χ2n) is 8.39. The number of hydrogen-bond acceptors (Lipinski definition) is 4. The largest absolute Gasteiger partial charge is 0.356 e. The Morgan fingerprint density at radius 1 is 1.00 bits per heavy atom.